The van der Waals surface area contributed by atoms with Gasteiger partial charge in [0.05, 0.1) is 12.2 Å². The highest BCUT2D eigenvalue weighted by Crippen LogP contribution is 2.66. The van der Waals surface area contributed by atoms with Crippen molar-refractivity contribution in [3.8, 4) is 0 Å². The fourth-order valence-electron chi connectivity index (χ4n) is 8.75. The number of hydrogen-bond donors (Lipinski definition) is 2. The van der Waals surface area contributed by atoms with Crippen molar-refractivity contribution in [3.63, 3.8) is 0 Å². The summed E-state index contributed by atoms with van der Waals surface area (Å²) in [6, 6.07) is 0. The van der Waals surface area contributed by atoms with Crippen molar-refractivity contribution in [2.24, 2.45) is 52.3 Å². The molecule has 2 saturated carbocycles. The van der Waals surface area contributed by atoms with Crippen LogP contribution in [0.4, 0.5) is 0 Å². The molecule has 0 aliphatic heterocycles. The number of aliphatic hydroxyl groups is 2. The largest absolute Gasteiger partial charge is 0.393 e. The Labute approximate surface area is 191 Å². The van der Waals surface area contributed by atoms with Gasteiger partial charge < -0.3 is 10.2 Å². The first kappa shape index (κ1) is 23.6. The smallest absolute Gasteiger partial charge is 0.0727 e. The molecule has 0 spiro atoms. The Hall–Kier alpha value is -0.600. The maximum Gasteiger partial charge on any atom is 0.0727 e. The molecule has 31 heavy (non-hydrogen) atoms. The van der Waals surface area contributed by atoms with Crippen molar-refractivity contribution in [1.29, 1.82) is 0 Å². The fourth-order valence-corrected chi connectivity index (χ4v) is 8.75. The van der Waals surface area contributed by atoms with Crippen LogP contribution in [0.15, 0.2) is 23.8 Å². The maximum atomic E-state index is 11.2. The average Bonchev–Trinajstić information content (AvgIpc) is 3.08. The normalized spacial score (nSPS) is 44.8. The van der Waals surface area contributed by atoms with Gasteiger partial charge in [-0.1, -0.05) is 66.2 Å². The van der Waals surface area contributed by atoms with Gasteiger partial charge in [0.1, 0.15) is 0 Å². The molecule has 0 aromatic carbocycles. The molecule has 2 heteroatoms. The van der Waals surface area contributed by atoms with Crippen molar-refractivity contribution >= 4 is 0 Å². The highest BCUT2D eigenvalue weighted by Gasteiger charge is 2.59. The fraction of sp³-hybridized carbons (Fsp3) is 0.862. The van der Waals surface area contributed by atoms with Crippen LogP contribution in [0, 0.1) is 52.3 Å². The van der Waals surface area contributed by atoms with Gasteiger partial charge in [-0.05, 0) is 103 Å². The molecule has 4 aliphatic carbocycles. The molecule has 1 unspecified atom stereocenters. The molecular weight excluding hydrogens is 380 g/mol. The van der Waals surface area contributed by atoms with E-state index in [1.807, 2.05) is 0 Å². The van der Waals surface area contributed by atoms with Gasteiger partial charge in [-0.15, -0.1) is 0 Å². The van der Waals surface area contributed by atoms with Crippen LogP contribution >= 0.6 is 0 Å². The van der Waals surface area contributed by atoms with Crippen molar-refractivity contribution in [2.45, 2.75) is 105 Å². The second-order valence-corrected chi connectivity index (χ2v) is 12.6. The van der Waals surface area contributed by atoms with Crippen molar-refractivity contribution in [1.82, 2.24) is 0 Å². The minimum Gasteiger partial charge on any atom is -0.393 e. The molecule has 176 valence electrons. The van der Waals surface area contributed by atoms with Crippen LogP contribution in [0.2, 0.25) is 0 Å². The van der Waals surface area contributed by atoms with Crippen LogP contribution in [0.1, 0.15) is 92.9 Å². The molecule has 2 N–H and O–H groups in total. The highest BCUT2D eigenvalue weighted by molar-refractivity contribution is 5.36. The summed E-state index contributed by atoms with van der Waals surface area (Å²) in [6.07, 6.45) is 16.0. The topological polar surface area (TPSA) is 40.5 Å². The van der Waals surface area contributed by atoms with Crippen LogP contribution in [0.3, 0.4) is 0 Å². The van der Waals surface area contributed by atoms with Gasteiger partial charge in [-0.25, -0.2) is 0 Å². The summed E-state index contributed by atoms with van der Waals surface area (Å²) in [5.41, 5.74) is 2.00. The first-order valence-electron chi connectivity index (χ1n) is 13.4. The van der Waals surface area contributed by atoms with E-state index in [1.54, 1.807) is 0 Å². The second-order valence-electron chi connectivity index (χ2n) is 12.6. The molecule has 4 rings (SSSR count). The van der Waals surface area contributed by atoms with Crippen LogP contribution in [0.5, 0.6) is 0 Å². The number of rotatable bonds is 6. The molecule has 10 atom stereocenters. The Morgan fingerprint density at radius 3 is 2.45 bits per heavy atom. The minimum absolute atomic E-state index is 0.167. The summed E-state index contributed by atoms with van der Waals surface area (Å²) < 4.78 is 0. The standard InChI is InChI=1S/C29H48O2/c1-7-20(18(2)3)16-27(31)19(4)24-10-11-25-23-9-8-21-17-22(30)12-14-28(21,5)26(23)13-15-29(24,25)6/h8-9,17-20,22-27,30-31H,7,10-16H2,1-6H3/t19?,20-,22+,23+,24-,25+,26+,27-,28+,29-/m1/s1. The third-order valence-corrected chi connectivity index (χ3v) is 11.0. The van der Waals surface area contributed by atoms with E-state index in [4.69, 9.17) is 0 Å². The van der Waals surface area contributed by atoms with E-state index in [2.05, 4.69) is 59.8 Å². The lowest BCUT2D eigenvalue weighted by atomic mass is 9.48. The monoisotopic (exact) mass is 428 g/mol. The Morgan fingerprint density at radius 1 is 1.03 bits per heavy atom. The quantitative estimate of drug-likeness (QED) is 0.490. The molecule has 4 aliphatic rings. The number of hydrogen-bond acceptors (Lipinski definition) is 2. The highest BCUT2D eigenvalue weighted by atomic mass is 16.3. The molecule has 0 heterocycles. The van der Waals surface area contributed by atoms with Crippen molar-refractivity contribution < 1.29 is 10.2 Å². The minimum atomic E-state index is -0.255. The second kappa shape index (κ2) is 8.64. The summed E-state index contributed by atoms with van der Waals surface area (Å²) >= 11 is 0. The first-order valence-corrected chi connectivity index (χ1v) is 13.4. The molecule has 0 bridgehead atoms. The first-order chi connectivity index (χ1) is 14.6. The molecule has 0 amide bonds. The summed E-state index contributed by atoms with van der Waals surface area (Å²) in [5, 5.41) is 21.4. The summed E-state index contributed by atoms with van der Waals surface area (Å²) in [5.74, 6) is 4.46. The molecule has 0 aromatic rings. The lowest BCUT2D eigenvalue weighted by Crippen LogP contribution is -2.50. The van der Waals surface area contributed by atoms with E-state index >= 15 is 0 Å². The molecule has 2 fully saturated rings. The Bertz CT molecular complexity index is 708. The molecule has 0 aromatic heterocycles. The van der Waals surface area contributed by atoms with Gasteiger partial charge in [-0.3, -0.25) is 0 Å². The van der Waals surface area contributed by atoms with E-state index < -0.39 is 0 Å². The van der Waals surface area contributed by atoms with E-state index in [0.717, 1.165) is 31.1 Å². The predicted molar refractivity (Wildman–Crippen MR) is 130 cm³/mol. The molecule has 2 nitrogen and oxygen atoms in total. The van der Waals surface area contributed by atoms with Crippen molar-refractivity contribution in [3.05, 3.63) is 23.8 Å². The number of fused-ring (bicyclic) bond motifs is 5. The van der Waals surface area contributed by atoms with E-state index in [9.17, 15) is 10.2 Å². The lowest BCUT2D eigenvalue weighted by molar-refractivity contribution is -0.0495. The molecule has 0 radical (unpaired) electrons. The van der Waals surface area contributed by atoms with Gasteiger partial charge in [0.25, 0.3) is 0 Å². The Kier molecular flexibility index (Phi) is 6.56. The molecule has 0 saturated heterocycles. The van der Waals surface area contributed by atoms with Gasteiger partial charge in [0.2, 0.25) is 0 Å². The zero-order valence-electron chi connectivity index (χ0n) is 21.0. The van der Waals surface area contributed by atoms with Crippen LogP contribution < -0.4 is 0 Å². The predicted octanol–water partition coefficient (Wildman–Crippen LogP) is 6.77. The van der Waals surface area contributed by atoms with Gasteiger partial charge >= 0.3 is 0 Å². The maximum absolute atomic E-state index is 11.2. The third kappa shape index (κ3) is 3.88. The van der Waals surface area contributed by atoms with Crippen LogP contribution in [-0.2, 0) is 0 Å². The van der Waals surface area contributed by atoms with Crippen LogP contribution in [-0.4, -0.2) is 22.4 Å². The average molecular weight is 429 g/mol. The zero-order chi connectivity index (χ0) is 22.6. The zero-order valence-corrected chi connectivity index (χ0v) is 21.0. The third-order valence-electron chi connectivity index (χ3n) is 11.0. The lowest BCUT2D eigenvalue weighted by Gasteiger charge is -2.57. The van der Waals surface area contributed by atoms with Crippen molar-refractivity contribution in [2.75, 3.05) is 0 Å². The molecular formula is C29H48O2. The summed E-state index contributed by atoms with van der Waals surface area (Å²) in [7, 11) is 0. The van der Waals surface area contributed by atoms with E-state index in [1.165, 1.54) is 37.7 Å². The number of allylic oxidation sites excluding steroid dienone is 3. The van der Waals surface area contributed by atoms with Gasteiger partial charge in [-0.2, -0.15) is 0 Å². The summed E-state index contributed by atoms with van der Waals surface area (Å²) in [6.45, 7) is 14.3. The van der Waals surface area contributed by atoms with Gasteiger partial charge in [0, 0.05) is 0 Å². The Morgan fingerprint density at radius 2 is 1.77 bits per heavy atom. The Balaban J connectivity index is 1.53. The van der Waals surface area contributed by atoms with Gasteiger partial charge in [0.15, 0.2) is 0 Å². The van der Waals surface area contributed by atoms with Crippen LogP contribution in [0.25, 0.3) is 0 Å². The number of aliphatic hydroxyl groups excluding tert-OH is 2. The summed E-state index contributed by atoms with van der Waals surface area (Å²) in [4.78, 5) is 0. The van der Waals surface area contributed by atoms with E-state index in [-0.39, 0.29) is 17.6 Å². The van der Waals surface area contributed by atoms with E-state index in [0.29, 0.717) is 35.0 Å². The SMILES string of the molecule is CC[C@H](C[C@@H](O)C(C)[C@H]1CC[C@H]2[C@@H]3C=CC4=C[C@@H](O)CC[C@]4(C)[C@H]3CC[C@]12C)C(C)C.